The Kier molecular flexibility index (Phi) is 6.59. The van der Waals surface area contributed by atoms with Crippen molar-refractivity contribution in [3.8, 4) is 0 Å². The maximum Gasteiger partial charge on any atom is 0.200 e. The Morgan fingerprint density at radius 3 is 1.95 bits per heavy atom. The minimum Gasteiger partial charge on any atom is -0.412 e. The van der Waals surface area contributed by atoms with Crippen LogP contribution in [0, 0.1) is 0 Å². The summed E-state index contributed by atoms with van der Waals surface area (Å²) in [5.74, 6) is 0. The normalized spacial score (nSPS) is 13.0. The second kappa shape index (κ2) is 7.08. The lowest BCUT2D eigenvalue weighted by Gasteiger charge is -2.42. The fourth-order valence-corrected chi connectivity index (χ4v) is 10.6. The molecule has 0 aliphatic rings. The zero-order chi connectivity index (χ0) is 14.8. The molecule has 0 bridgehead atoms. The molecule has 1 aromatic rings. The van der Waals surface area contributed by atoms with E-state index < -0.39 is 8.32 Å². The van der Waals surface area contributed by atoms with Crippen LogP contribution in [0.15, 0.2) is 9.85 Å². The largest absolute Gasteiger partial charge is 0.412 e. The molecule has 0 aliphatic carbocycles. The highest BCUT2D eigenvalue weighted by atomic mass is 79.9. The van der Waals surface area contributed by atoms with Gasteiger partial charge in [-0.3, -0.25) is 0 Å². The summed E-state index contributed by atoms with van der Waals surface area (Å²) in [6.45, 7) is 14.5. The van der Waals surface area contributed by atoms with Crippen molar-refractivity contribution in [1.82, 2.24) is 0 Å². The highest BCUT2D eigenvalue weighted by molar-refractivity contribution is 9.11. The van der Waals surface area contributed by atoms with Crippen LogP contribution in [0.2, 0.25) is 21.0 Å². The van der Waals surface area contributed by atoms with Crippen LogP contribution < -0.4 is 0 Å². The van der Waals surface area contributed by atoms with Crippen molar-refractivity contribution < 1.29 is 4.43 Å². The van der Waals surface area contributed by atoms with Crippen LogP contribution in [-0.2, 0) is 11.0 Å². The fourth-order valence-electron chi connectivity index (χ4n) is 3.18. The number of rotatable bonds is 6. The molecule has 0 aliphatic heterocycles. The average Bonchev–Trinajstić information content (AvgIpc) is 2.56. The van der Waals surface area contributed by atoms with Crippen molar-refractivity contribution in [2.75, 3.05) is 0 Å². The summed E-state index contributed by atoms with van der Waals surface area (Å²) in [6, 6.07) is 2.08. The predicted octanol–water partition coefficient (Wildman–Crippen LogP) is 6.86. The molecule has 0 radical (unpaired) electrons. The molecule has 0 N–H and O–H groups in total. The molecule has 5 heteroatoms. The van der Waals surface area contributed by atoms with Crippen LogP contribution in [0.1, 0.15) is 47.1 Å². The highest BCUT2D eigenvalue weighted by Crippen LogP contribution is 2.43. The van der Waals surface area contributed by atoms with Gasteiger partial charge in [-0.1, -0.05) is 53.1 Å². The molecule has 0 unspecified atom stereocenters. The third-order valence-electron chi connectivity index (χ3n) is 3.91. The van der Waals surface area contributed by atoms with E-state index in [1.54, 1.807) is 11.3 Å². The van der Waals surface area contributed by atoms with E-state index in [9.17, 15) is 0 Å². The molecule has 19 heavy (non-hydrogen) atoms. The lowest BCUT2D eigenvalue weighted by Crippen LogP contribution is -2.47. The van der Waals surface area contributed by atoms with E-state index in [0.717, 1.165) is 13.7 Å². The molecule has 1 rings (SSSR count). The quantitative estimate of drug-likeness (QED) is 0.488. The van der Waals surface area contributed by atoms with Gasteiger partial charge in [0, 0.05) is 5.56 Å². The maximum atomic E-state index is 6.53. The van der Waals surface area contributed by atoms with Gasteiger partial charge in [-0.2, -0.15) is 0 Å². The summed E-state index contributed by atoms with van der Waals surface area (Å²) in [4.78, 5) is 0. The van der Waals surface area contributed by atoms with Gasteiger partial charge in [-0.05, 0) is 38.6 Å². The summed E-state index contributed by atoms with van der Waals surface area (Å²) >= 11 is 11.3. The maximum absolute atomic E-state index is 6.53. The molecular formula is C14H24BrClOSSi. The van der Waals surface area contributed by atoms with Gasteiger partial charge in [0.2, 0.25) is 8.32 Å². The smallest absolute Gasteiger partial charge is 0.200 e. The van der Waals surface area contributed by atoms with Gasteiger partial charge in [-0.25, -0.2) is 0 Å². The summed E-state index contributed by atoms with van der Waals surface area (Å²) in [6.07, 6.45) is 0. The number of halogens is 2. The molecule has 0 spiro atoms. The topological polar surface area (TPSA) is 9.23 Å². The van der Waals surface area contributed by atoms with Gasteiger partial charge < -0.3 is 4.43 Å². The van der Waals surface area contributed by atoms with Crippen LogP contribution in [0.3, 0.4) is 0 Å². The third kappa shape index (κ3) is 3.85. The summed E-state index contributed by atoms with van der Waals surface area (Å²) < 4.78 is 8.44. The SMILES string of the molecule is CC(C)[Si](OCc1cc(Br)sc1Cl)(C(C)C)C(C)C. The van der Waals surface area contributed by atoms with Crippen molar-refractivity contribution in [3.63, 3.8) is 0 Å². The average molecular weight is 384 g/mol. The van der Waals surface area contributed by atoms with Gasteiger partial charge in [0.25, 0.3) is 0 Å². The first-order valence-electron chi connectivity index (χ1n) is 6.79. The van der Waals surface area contributed by atoms with Crippen LogP contribution in [0.5, 0.6) is 0 Å². The van der Waals surface area contributed by atoms with Gasteiger partial charge in [0.05, 0.1) is 14.7 Å². The minimum absolute atomic E-state index is 0.605. The van der Waals surface area contributed by atoms with Crippen LogP contribution in [0.4, 0.5) is 0 Å². The first kappa shape index (κ1) is 17.7. The molecule has 0 amide bonds. The third-order valence-corrected chi connectivity index (χ3v) is 11.9. The predicted molar refractivity (Wildman–Crippen MR) is 92.9 cm³/mol. The number of hydrogen-bond acceptors (Lipinski definition) is 2. The van der Waals surface area contributed by atoms with E-state index in [4.69, 9.17) is 16.0 Å². The Bertz CT molecular complexity index is 396. The zero-order valence-corrected chi connectivity index (χ0v) is 16.7. The van der Waals surface area contributed by atoms with E-state index >= 15 is 0 Å². The van der Waals surface area contributed by atoms with Crippen molar-refractivity contribution >= 4 is 47.2 Å². The van der Waals surface area contributed by atoms with Gasteiger partial charge in [0.1, 0.15) is 0 Å². The highest BCUT2D eigenvalue weighted by Gasteiger charge is 2.45. The van der Waals surface area contributed by atoms with Crippen molar-refractivity contribution in [3.05, 3.63) is 19.8 Å². The van der Waals surface area contributed by atoms with Crippen LogP contribution >= 0.6 is 38.9 Å². The Labute approximate surface area is 136 Å². The molecule has 0 saturated carbocycles. The van der Waals surface area contributed by atoms with Crippen LogP contribution in [-0.4, -0.2) is 8.32 Å². The van der Waals surface area contributed by atoms with E-state index in [1.165, 1.54) is 0 Å². The molecule has 0 fully saturated rings. The number of thiophene rings is 1. The van der Waals surface area contributed by atoms with Crippen molar-refractivity contribution in [2.45, 2.75) is 64.8 Å². The monoisotopic (exact) mass is 382 g/mol. The lowest BCUT2D eigenvalue weighted by molar-refractivity contribution is 0.266. The second-order valence-corrected chi connectivity index (χ2v) is 14.4. The van der Waals surface area contributed by atoms with Gasteiger partial charge >= 0.3 is 0 Å². The second-order valence-electron chi connectivity index (χ2n) is 5.96. The van der Waals surface area contributed by atoms with Crippen molar-refractivity contribution in [2.24, 2.45) is 0 Å². The lowest BCUT2D eigenvalue weighted by atomic mass is 10.4. The van der Waals surface area contributed by atoms with E-state index in [2.05, 4.69) is 63.5 Å². The first-order chi connectivity index (χ1) is 8.71. The Balaban J connectivity index is 2.93. The summed E-state index contributed by atoms with van der Waals surface area (Å²) in [5.41, 5.74) is 2.92. The Hall–Kier alpha value is 0.647. The molecule has 0 aromatic carbocycles. The van der Waals surface area contributed by atoms with Crippen molar-refractivity contribution in [1.29, 1.82) is 0 Å². The first-order valence-corrected chi connectivity index (χ1v) is 10.9. The fraction of sp³-hybridized carbons (Fsp3) is 0.714. The molecule has 0 atom stereocenters. The minimum atomic E-state index is -1.79. The molecular weight excluding hydrogens is 360 g/mol. The standard InChI is InChI=1S/C14H24BrClOSSi/c1-9(2)19(10(3)4,11(5)6)17-8-12-7-13(15)18-14(12)16/h7,9-11H,8H2,1-6H3. The zero-order valence-electron chi connectivity index (χ0n) is 12.6. The molecule has 1 nitrogen and oxygen atoms in total. The van der Waals surface area contributed by atoms with Gasteiger partial charge in [-0.15, -0.1) is 11.3 Å². The van der Waals surface area contributed by atoms with E-state index in [0.29, 0.717) is 23.2 Å². The molecule has 1 heterocycles. The summed E-state index contributed by atoms with van der Waals surface area (Å²) in [7, 11) is -1.79. The van der Waals surface area contributed by atoms with E-state index in [-0.39, 0.29) is 0 Å². The Morgan fingerprint density at radius 1 is 1.16 bits per heavy atom. The van der Waals surface area contributed by atoms with E-state index in [1.807, 2.05) is 0 Å². The summed E-state index contributed by atoms with van der Waals surface area (Å²) in [5, 5.41) is 0. The number of hydrogen-bond donors (Lipinski definition) is 0. The van der Waals surface area contributed by atoms with Crippen LogP contribution in [0.25, 0.3) is 0 Å². The molecule has 110 valence electrons. The Morgan fingerprint density at radius 2 is 1.63 bits per heavy atom. The van der Waals surface area contributed by atoms with Gasteiger partial charge in [0.15, 0.2) is 0 Å². The molecule has 0 saturated heterocycles. The molecule has 1 aromatic heterocycles.